The molecule has 0 unspecified atom stereocenters. The van der Waals surface area contributed by atoms with E-state index in [1.807, 2.05) is 13.8 Å². The summed E-state index contributed by atoms with van der Waals surface area (Å²) >= 11 is 0. The van der Waals surface area contributed by atoms with Crippen molar-refractivity contribution in [2.45, 2.75) is 20.3 Å². The maximum absolute atomic E-state index is 10.7. The Bertz CT molecular complexity index is 143. The Balaban J connectivity index is 3.30. The van der Waals surface area contributed by atoms with E-state index in [0.717, 1.165) is 12.0 Å². The smallest absolute Gasteiger partial charge is 0.407 e. The molecule has 0 spiro atoms. The third-order valence-corrected chi connectivity index (χ3v) is 0.972. The van der Waals surface area contributed by atoms with E-state index in [9.17, 15) is 4.79 Å². The molecule has 0 atom stereocenters. The second-order valence-electron chi connectivity index (χ2n) is 2.45. The molecule has 0 aliphatic rings. The highest BCUT2D eigenvalue weighted by molar-refractivity contribution is 5.67. The zero-order valence-electron chi connectivity index (χ0n) is 7.14. The number of carbonyl (C=O) groups is 1. The summed E-state index contributed by atoms with van der Waals surface area (Å²) in [6.07, 6.45) is 0.482. The zero-order chi connectivity index (χ0) is 8.69. The monoisotopic (exact) mass is 157 g/mol. The Morgan fingerprint density at radius 1 is 1.64 bits per heavy atom. The third kappa shape index (κ3) is 6.90. The number of carbonyl (C=O) groups excluding carboxylic acids is 1. The standard InChI is InChI=1S/C8H15NO2/c1-4-5-11-8(10)9-6-7(2)3/h2,4-6H2,1,3H3,(H,9,10). The summed E-state index contributed by atoms with van der Waals surface area (Å²) in [7, 11) is 0. The van der Waals surface area contributed by atoms with Crippen molar-refractivity contribution in [3.05, 3.63) is 12.2 Å². The van der Waals surface area contributed by atoms with E-state index in [0.29, 0.717) is 13.2 Å². The molecule has 0 aliphatic heterocycles. The van der Waals surface area contributed by atoms with Crippen molar-refractivity contribution in [3.8, 4) is 0 Å². The highest BCUT2D eigenvalue weighted by atomic mass is 16.5. The van der Waals surface area contributed by atoms with Gasteiger partial charge in [-0.2, -0.15) is 0 Å². The molecule has 1 N–H and O–H groups in total. The lowest BCUT2D eigenvalue weighted by Gasteiger charge is -2.04. The first-order valence-corrected chi connectivity index (χ1v) is 3.71. The molecule has 0 aromatic rings. The van der Waals surface area contributed by atoms with E-state index >= 15 is 0 Å². The number of hydrogen-bond acceptors (Lipinski definition) is 2. The molecule has 0 aliphatic carbocycles. The Kier molecular flexibility index (Phi) is 5.25. The quantitative estimate of drug-likeness (QED) is 0.631. The van der Waals surface area contributed by atoms with Gasteiger partial charge in [0.2, 0.25) is 0 Å². The first-order valence-electron chi connectivity index (χ1n) is 3.71. The summed E-state index contributed by atoms with van der Waals surface area (Å²) in [5.41, 5.74) is 0.915. The molecular formula is C8H15NO2. The molecule has 3 nitrogen and oxygen atoms in total. The molecule has 0 bridgehead atoms. The molecule has 1 amide bonds. The van der Waals surface area contributed by atoms with Crippen molar-refractivity contribution in [2.24, 2.45) is 0 Å². The lowest BCUT2D eigenvalue weighted by Crippen LogP contribution is -2.25. The fourth-order valence-electron chi connectivity index (χ4n) is 0.469. The van der Waals surface area contributed by atoms with Crippen LogP contribution < -0.4 is 5.32 Å². The molecule has 0 heterocycles. The van der Waals surface area contributed by atoms with Gasteiger partial charge in [0.25, 0.3) is 0 Å². The van der Waals surface area contributed by atoms with Crippen LogP contribution in [0.2, 0.25) is 0 Å². The molecule has 0 aromatic heterocycles. The minimum atomic E-state index is -0.366. The van der Waals surface area contributed by atoms with Gasteiger partial charge in [-0.15, -0.1) is 0 Å². The molecule has 0 rings (SSSR count). The molecular weight excluding hydrogens is 142 g/mol. The summed E-state index contributed by atoms with van der Waals surface area (Å²) in [4.78, 5) is 10.7. The van der Waals surface area contributed by atoms with Gasteiger partial charge in [-0.3, -0.25) is 0 Å². The van der Waals surface area contributed by atoms with Gasteiger partial charge in [0, 0.05) is 6.54 Å². The van der Waals surface area contributed by atoms with Crippen molar-refractivity contribution in [1.29, 1.82) is 0 Å². The van der Waals surface area contributed by atoms with Gasteiger partial charge in [0.05, 0.1) is 6.61 Å². The van der Waals surface area contributed by atoms with Gasteiger partial charge < -0.3 is 10.1 Å². The van der Waals surface area contributed by atoms with Gasteiger partial charge >= 0.3 is 6.09 Å². The predicted molar refractivity (Wildman–Crippen MR) is 44.5 cm³/mol. The van der Waals surface area contributed by atoms with Gasteiger partial charge in [0.1, 0.15) is 0 Å². The number of amides is 1. The molecule has 64 valence electrons. The maximum Gasteiger partial charge on any atom is 0.407 e. The number of alkyl carbamates (subject to hydrolysis) is 1. The molecule has 3 heteroatoms. The van der Waals surface area contributed by atoms with E-state index < -0.39 is 0 Å². The first kappa shape index (κ1) is 10.0. The molecule has 11 heavy (non-hydrogen) atoms. The van der Waals surface area contributed by atoms with Crippen LogP contribution in [0.4, 0.5) is 4.79 Å². The fourth-order valence-corrected chi connectivity index (χ4v) is 0.469. The summed E-state index contributed by atoms with van der Waals surface area (Å²) in [5.74, 6) is 0. The van der Waals surface area contributed by atoms with Crippen LogP contribution in [0.1, 0.15) is 20.3 Å². The van der Waals surface area contributed by atoms with Crippen LogP contribution in [0.5, 0.6) is 0 Å². The van der Waals surface area contributed by atoms with Gasteiger partial charge in [0.15, 0.2) is 0 Å². The Morgan fingerprint density at radius 3 is 2.73 bits per heavy atom. The highest BCUT2D eigenvalue weighted by Gasteiger charge is 1.97. The van der Waals surface area contributed by atoms with E-state index in [-0.39, 0.29) is 6.09 Å². The second kappa shape index (κ2) is 5.77. The first-order chi connectivity index (χ1) is 5.16. The summed E-state index contributed by atoms with van der Waals surface area (Å²) in [5, 5.41) is 2.56. The summed E-state index contributed by atoms with van der Waals surface area (Å²) in [6.45, 7) is 8.40. The normalized spacial score (nSPS) is 8.91. The predicted octanol–water partition coefficient (Wildman–Crippen LogP) is 1.70. The third-order valence-electron chi connectivity index (χ3n) is 0.972. The second-order valence-corrected chi connectivity index (χ2v) is 2.45. The molecule has 0 fully saturated rings. The zero-order valence-corrected chi connectivity index (χ0v) is 7.14. The number of ether oxygens (including phenoxy) is 1. The van der Waals surface area contributed by atoms with Crippen LogP contribution in [0.15, 0.2) is 12.2 Å². The van der Waals surface area contributed by atoms with E-state index in [1.54, 1.807) is 0 Å². The lowest BCUT2D eigenvalue weighted by molar-refractivity contribution is 0.147. The van der Waals surface area contributed by atoms with Crippen molar-refractivity contribution in [3.63, 3.8) is 0 Å². The SMILES string of the molecule is C=C(C)CNC(=O)OCCC. The van der Waals surface area contributed by atoms with Crippen molar-refractivity contribution >= 4 is 6.09 Å². The minimum absolute atomic E-state index is 0.366. The average molecular weight is 157 g/mol. The van der Waals surface area contributed by atoms with Crippen LogP contribution in [0.3, 0.4) is 0 Å². The van der Waals surface area contributed by atoms with Gasteiger partial charge in [-0.25, -0.2) is 4.79 Å². The number of nitrogens with one attached hydrogen (secondary N) is 1. The molecule has 0 aromatic carbocycles. The van der Waals surface area contributed by atoms with Crippen LogP contribution in [0, 0.1) is 0 Å². The number of hydrogen-bond donors (Lipinski definition) is 1. The number of rotatable bonds is 4. The lowest BCUT2D eigenvalue weighted by atomic mass is 10.4. The van der Waals surface area contributed by atoms with Crippen LogP contribution in [0.25, 0.3) is 0 Å². The average Bonchev–Trinajstić information content (AvgIpc) is 1.97. The van der Waals surface area contributed by atoms with Crippen molar-refractivity contribution in [2.75, 3.05) is 13.2 Å². The van der Waals surface area contributed by atoms with E-state index in [2.05, 4.69) is 11.9 Å². The topological polar surface area (TPSA) is 38.3 Å². The maximum atomic E-state index is 10.7. The van der Waals surface area contributed by atoms with Crippen LogP contribution in [-0.2, 0) is 4.74 Å². The van der Waals surface area contributed by atoms with Gasteiger partial charge in [-0.05, 0) is 13.3 Å². The largest absolute Gasteiger partial charge is 0.450 e. The molecule has 0 saturated carbocycles. The van der Waals surface area contributed by atoms with E-state index in [4.69, 9.17) is 4.74 Å². The molecule has 0 saturated heterocycles. The Hall–Kier alpha value is -0.990. The van der Waals surface area contributed by atoms with E-state index in [1.165, 1.54) is 0 Å². The molecule has 0 radical (unpaired) electrons. The van der Waals surface area contributed by atoms with Crippen molar-refractivity contribution < 1.29 is 9.53 Å². The van der Waals surface area contributed by atoms with Crippen LogP contribution >= 0.6 is 0 Å². The highest BCUT2D eigenvalue weighted by Crippen LogP contribution is 1.85. The fraction of sp³-hybridized carbons (Fsp3) is 0.625. The van der Waals surface area contributed by atoms with Crippen LogP contribution in [-0.4, -0.2) is 19.2 Å². The van der Waals surface area contributed by atoms with Crippen molar-refractivity contribution in [1.82, 2.24) is 5.32 Å². The Labute approximate surface area is 67.4 Å². The minimum Gasteiger partial charge on any atom is -0.450 e. The summed E-state index contributed by atoms with van der Waals surface area (Å²) < 4.78 is 4.75. The summed E-state index contributed by atoms with van der Waals surface area (Å²) in [6, 6.07) is 0. The Morgan fingerprint density at radius 2 is 2.27 bits per heavy atom. The van der Waals surface area contributed by atoms with Gasteiger partial charge in [-0.1, -0.05) is 19.1 Å².